The highest BCUT2D eigenvalue weighted by atomic mass is 19.1. The Morgan fingerprint density at radius 3 is 2.87 bits per heavy atom. The van der Waals surface area contributed by atoms with Gasteiger partial charge in [0.25, 0.3) is 0 Å². The van der Waals surface area contributed by atoms with Gasteiger partial charge in [-0.3, -0.25) is 14.8 Å². The van der Waals surface area contributed by atoms with Crippen molar-refractivity contribution in [1.29, 1.82) is 0 Å². The van der Waals surface area contributed by atoms with Crippen molar-refractivity contribution in [2.24, 2.45) is 0 Å². The molecule has 4 rings (SSSR count). The average Bonchev–Trinajstić information content (AvgIpc) is 2.77. The van der Waals surface area contributed by atoms with Gasteiger partial charge in [0, 0.05) is 37.0 Å². The number of pyridine rings is 1. The number of nitrogens with zero attached hydrogens (tertiary/aromatic N) is 4. The fourth-order valence-electron chi connectivity index (χ4n) is 3.64. The van der Waals surface area contributed by atoms with E-state index in [0.717, 1.165) is 42.8 Å². The topological polar surface area (TPSA) is 59.0 Å². The van der Waals surface area contributed by atoms with Gasteiger partial charge in [-0.15, -0.1) is 0 Å². The maximum absolute atomic E-state index is 14.1. The van der Waals surface area contributed by atoms with Crippen LogP contribution in [0.2, 0.25) is 0 Å². The summed E-state index contributed by atoms with van der Waals surface area (Å²) < 4.78 is 27.6. The quantitative estimate of drug-likeness (QED) is 0.546. The SMILES string of the molecule is O=C(CCCc1ccccn1)c1cnc2c(n1)N(Cc1cc(F)ccc1F)CCC2. The number of ketones is 1. The summed E-state index contributed by atoms with van der Waals surface area (Å²) in [4.78, 5) is 27.8. The van der Waals surface area contributed by atoms with Crippen molar-refractivity contribution in [3.63, 3.8) is 0 Å². The Morgan fingerprint density at radius 2 is 2.03 bits per heavy atom. The minimum atomic E-state index is -0.480. The number of Topliss-reactive ketones (excluding diaryl/α,β-unsaturated/α-hetero) is 1. The first-order valence-corrected chi connectivity index (χ1v) is 10.1. The number of fused-ring (bicyclic) bond motifs is 1. The first kappa shape index (κ1) is 20.1. The van der Waals surface area contributed by atoms with Crippen LogP contribution in [0.4, 0.5) is 14.6 Å². The molecule has 7 heteroatoms. The summed E-state index contributed by atoms with van der Waals surface area (Å²) in [5.74, 6) is -0.436. The molecule has 0 aliphatic carbocycles. The first-order chi connectivity index (χ1) is 14.6. The summed E-state index contributed by atoms with van der Waals surface area (Å²) in [5, 5.41) is 0. The fraction of sp³-hybridized carbons (Fsp3) is 0.304. The molecule has 0 saturated heterocycles. The molecule has 30 heavy (non-hydrogen) atoms. The van der Waals surface area contributed by atoms with Crippen LogP contribution in [0.5, 0.6) is 0 Å². The number of hydrogen-bond acceptors (Lipinski definition) is 5. The van der Waals surface area contributed by atoms with E-state index >= 15 is 0 Å². The predicted molar refractivity (Wildman–Crippen MR) is 109 cm³/mol. The van der Waals surface area contributed by atoms with Crippen LogP contribution in [-0.4, -0.2) is 27.3 Å². The molecule has 1 aliphatic rings. The normalized spacial score (nSPS) is 13.2. The van der Waals surface area contributed by atoms with Crippen LogP contribution in [0.25, 0.3) is 0 Å². The molecule has 0 atom stereocenters. The van der Waals surface area contributed by atoms with E-state index in [-0.39, 0.29) is 17.9 Å². The Kier molecular flexibility index (Phi) is 6.07. The zero-order chi connectivity index (χ0) is 20.9. The summed E-state index contributed by atoms with van der Waals surface area (Å²) in [6.45, 7) is 0.831. The van der Waals surface area contributed by atoms with E-state index in [1.165, 1.54) is 12.3 Å². The summed E-state index contributed by atoms with van der Waals surface area (Å²) >= 11 is 0. The Morgan fingerprint density at radius 1 is 1.13 bits per heavy atom. The number of carbonyl (C=O) groups excluding carboxylic acids is 1. The molecule has 0 fully saturated rings. The third kappa shape index (κ3) is 4.67. The molecule has 0 unspecified atom stereocenters. The van der Waals surface area contributed by atoms with Gasteiger partial charge in [0.2, 0.25) is 0 Å². The molecular weight excluding hydrogens is 386 g/mol. The molecule has 0 saturated carbocycles. The number of aromatic nitrogens is 3. The van der Waals surface area contributed by atoms with E-state index in [4.69, 9.17) is 0 Å². The molecule has 1 aliphatic heterocycles. The zero-order valence-corrected chi connectivity index (χ0v) is 16.5. The maximum atomic E-state index is 14.1. The maximum Gasteiger partial charge on any atom is 0.182 e. The third-order valence-electron chi connectivity index (χ3n) is 5.19. The highest BCUT2D eigenvalue weighted by Gasteiger charge is 2.23. The van der Waals surface area contributed by atoms with Crippen molar-refractivity contribution in [3.05, 3.63) is 83.1 Å². The molecule has 0 bridgehead atoms. The molecule has 5 nitrogen and oxygen atoms in total. The number of anilines is 1. The van der Waals surface area contributed by atoms with E-state index in [9.17, 15) is 13.6 Å². The van der Waals surface area contributed by atoms with Gasteiger partial charge in [-0.05, 0) is 56.0 Å². The van der Waals surface area contributed by atoms with Gasteiger partial charge in [0.15, 0.2) is 11.6 Å². The van der Waals surface area contributed by atoms with E-state index in [1.54, 1.807) is 6.20 Å². The molecule has 0 N–H and O–H groups in total. The summed E-state index contributed by atoms with van der Waals surface area (Å²) in [6, 6.07) is 9.15. The molecule has 1 aromatic carbocycles. The smallest absolute Gasteiger partial charge is 0.182 e. The molecule has 3 heterocycles. The van der Waals surface area contributed by atoms with Crippen molar-refractivity contribution in [2.75, 3.05) is 11.4 Å². The van der Waals surface area contributed by atoms with Gasteiger partial charge in [-0.2, -0.15) is 0 Å². The Labute approximate surface area is 173 Å². The van der Waals surface area contributed by atoms with Crippen molar-refractivity contribution in [1.82, 2.24) is 15.0 Å². The van der Waals surface area contributed by atoms with Crippen LogP contribution in [0.3, 0.4) is 0 Å². The monoisotopic (exact) mass is 408 g/mol. The number of aryl methyl sites for hydroxylation is 2. The standard InChI is InChI=1S/C23H22F2N4O/c24-17-9-10-19(25)16(13-17)15-29-12-4-7-20-23(29)28-21(14-27-20)22(30)8-3-6-18-5-1-2-11-26-18/h1-2,5,9-11,13-14H,3-4,6-8,12,15H2. The van der Waals surface area contributed by atoms with Crippen molar-refractivity contribution >= 4 is 11.6 Å². The molecule has 2 aromatic heterocycles. The number of halogens is 2. The van der Waals surface area contributed by atoms with E-state index in [0.29, 0.717) is 30.9 Å². The van der Waals surface area contributed by atoms with Gasteiger partial charge in [0.1, 0.15) is 17.3 Å². The molecular formula is C23H22F2N4O. The highest BCUT2D eigenvalue weighted by Crippen LogP contribution is 2.26. The Bertz CT molecular complexity index is 1040. The van der Waals surface area contributed by atoms with Crippen molar-refractivity contribution in [3.8, 4) is 0 Å². The van der Waals surface area contributed by atoms with Gasteiger partial charge in [0.05, 0.1) is 11.9 Å². The van der Waals surface area contributed by atoms with Gasteiger partial charge >= 0.3 is 0 Å². The van der Waals surface area contributed by atoms with E-state index < -0.39 is 11.6 Å². The average molecular weight is 408 g/mol. The van der Waals surface area contributed by atoms with Crippen molar-refractivity contribution in [2.45, 2.75) is 38.6 Å². The summed E-state index contributed by atoms with van der Waals surface area (Å²) in [5.41, 5.74) is 2.30. The lowest BCUT2D eigenvalue weighted by molar-refractivity contribution is 0.0975. The van der Waals surface area contributed by atoms with Gasteiger partial charge < -0.3 is 4.90 Å². The number of rotatable bonds is 7. The molecule has 3 aromatic rings. The Balaban J connectivity index is 1.47. The largest absolute Gasteiger partial charge is 0.351 e. The molecule has 0 radical (unpaired) electrons. The molecule has 0 spiro atoms. The predicted octanol–water partition coefficient (Wildman–Crippen LogP) is 4.31. The summed E-state index contributed by atoms with van der Waals surface area (Å²) in [6.07, 6.45) is 6.59. The highest BCUT2D eigenvalue weighted by molar-refractivity contribution is 5.94. The van der Waals surface area contributed by atoms with Crippen LogP contribution in [0.1, 0.15) is 46.7 Å². The third-order valence-corrected chi connectivity index (χ3v) is 5.19. The van der Waals surface area contributed by atoms with Crippen LogP contribution in [-0.2, 0) is 19.4 Å². The minimum Gasteiger partial charge on any atom is -0.351 e. The lowest BCUT2D eigenvalue weighted by Gasteiger charge is -2.29. The number of benzene rings is 1. The van der Waals surface area contributed by atoms with Crippen LogP contribution in [0, 0.1) is 11.6 Å². The first-order valence-electron chi connectivity index (χ1n) is 10.1. The second-order valence-corrected chi connectivity index (χ2v) is 7.38. The second kappa shape index (κ2) is 9.07. The molecule has 154 valence electrons. The van der Waals surface area contributed by atoms with Crippen LogP contribution >= 0.6 is 0 Å². The Hall–Kier alpha value is -3.22. The van der Waals surface area contributed by atoms with Crippen molar-refractivity contribution < 1.29 is 13.6 Å². The van der Waals surface area contributed by atoms with Gasteiger partial charge in [-0.1, -0.05) is 6.07 Å². The lowest BCUT2D eigenvalue weighted by Crippen LogP contribution is -2.31. The fourth-order valence-corrected chi connectivity index (χ4v) is 3.64. The number of carbonyl (C=O) groups is 1. The summed E-state index contributed by atoms with van der Waals surface area (Å²) in [7, 11) is 0. The second-order valence-electron chi connectivity index (χ2n) is 7.38. The lowest BCUT2D eigenvalue weighted by atomic mass is 10.1. The molecule has 0 amide bonds. The number of hydrogen-bond donors (Lipinski definition) is 0. The van der Waals surface area contributed by atoms with Gasteiger partial charge in [-0.25, -0.2) is 13.8 Å². The van der Waals surface area contributed by atoms with E-state index in [2.05, 4.69) is 15.0 Å². The van der Waals surface area contributed by atoms with E-state index in [1.807, 2.05) is 23.1 Å². The minimum absolute atomic E-state index is 0.0799. The van der Waals surface area contributed by atoms with Crippen LogP contribution < -0.4 is 4.90 Å². The van der Waals surface area contributed by atoms with Crippen LogP contribution in [0.15, 0.2) is 48.8 Å². The zero-order valence-electron chi connectivity index (χ0n) is 16.5.